The molecule has 0 atom stereocenters. The smallest absolute Gasteiger partial charge is 0.494 e. The van der Waals surface area contributed by atoms with Gasteiger partial charge < -0.3 is 19.6 Å². The summed E-state index contributed by atoms with van der Waals surface area (Å²) in [5.74, 6) is 0.283. The summed E-state index contributed by atoms with van der Waals surface area (Å²) in [6.07, 6.45) is -0.813. The lowest BCUT2D eigenvalue weighted by molar-refractivity contribution is 0.121. The van der Waals surface area contributed by atoms with Gasteiger partial charge in [0.2, 0.25) is 0 Å². The third-order valence-corrected chi connectivity index (χ3v) is 4.40. The summed E-state index contributed by atoms with van der Waals surface area (Å²) in [7, 11) is 1.24. The molecule has 3 aromatic carbocycles. The molecule has 0 unspecified atom stereocenters. The quantitative estimate of drug-likeness (QED) is 0.287. The number of rotatable bonds is 4. The Labute approximate surface area is 167 Å². The number of carbonyl (C=O) groups is 1. The Morgan fingerprint density at radius 2 is 1.66 bits per heavy atom. The summed E-state index contributed by atoms with van der Waals surface area (Å²) < 4.78 is 9.70. The predicted molar refractivity (Wildman–Crippen MR) is 111 cm³/mol. The largest absolute Gasteiger partial charge is 0.513 e. The number of carbonyl (C=O) groups excluding carboxylic acids is 1. The Morgan fingerprint density at radius 3 is 2.34 bits per heavy atom. The Kier molecular flexibility index (Phi) is 4.99. The molecule has 0 saturated heterocycles. The van der Waals surface area contributed by atoms with Gasteiger partial charge in [-0.05, 0) is 30.3 Å². The Balaban J connectivity index is 1.92. The van der Waals surface area contributed by atoms with Gasteiger partial charge in [0.05, 0.1) is 24.1 Å². The monoisotopic (exact) mass is 386 g/mol. The maximum Gasteiger partial charge on any atom is 0.513 e. The number of aliphatic imine (C=N–C) groups is 1. The first kappa shape index (κ1) is 18.3. The number of para-hydroxylation sites is 1. The van der Waals surface area contributed by atoms with Gasteiger partial charge in [0.15, 0.2) is 5.88 Å². The number of ether oxygens (including phenoxy) is 2. The minimum absolute atomic E-state index is 0.0197. The van der Waals surface area contributed by atoms with Gasteiger partial charge in [-0.2, -0.15) is 0 Å². The number of nitrogens with zero attached hydrogens (tertiary/aromatic N) is 1. The Bertz CT molecular complexity index is 1180. The van der Waals surface area contributed by atoms with Crippen LogP contribution in [0, 0.1) is 0 Å². The molecule has 29 heavy (non-hydrogen) atoms. The molecule has 0 aliphatic rings. The van der Waals surface area contributed by atoms with Gasteiger partial charge in [-0.1, -0.05) is 48.5 Å². The van der Waals surface area contributed by atoms with Crippen molar-refractivity contribution in [3.8, 4) is 11.6 Å². The van der Waals surface area contributed by atoms with Crippen molar-refractivity contribution in [3.63, 3.8) is 0 Å². The normalized spacial score (nSPS) is 11.4. The fourth-order valence-corrected chi connectivity index (χ4v) is 3.09. The molecule has 6 nitrogen and oxygen atoms in total. The SMILES string of the molecule is COC(=O)Oc1ccc2[nH]c(O)c(C(=Nc3ccccc3)c3ccccc3)c2c1. The van der Waals surface area contributed by atoms with Gasteiger partial charge >= 0.3 is 6.16 Å². The molecule has 0 aliphatic heterocycles. The number of benzene rings is 3. The average Bonchev–Trinajstić information content (AvgIpc) is 3.08. The van der Waals surface area contributed by atoms with Crippen molar-refractivity contribution in [1.82, 2.24) is 4.98 Å². The molecule has 0 amide bonds. The summed E-state index contributed by atoms with van der Waals surface area (Å²) in [6.45, 7) is 0. The molecule has 0 bridgehead atoms. The van der Waals surface area contributed by atoms with Crippen molar-refractivity contribution >= 4 is 28.5 Å². The molecule has 1 aromatic heterocycles. The van der Waals surface area contributed by atoms with Crippen LogP contribution in [0.4, 0.5) is 10.5 Å². The van der Waals surface area contributed by atoms with Crippen LogP contribution in [0.3, 0.4) is 0 Å². The van der Waals surface area contributed by atoms with E-state index in [0.29, 0.717) is 27.9 Å². The molecule has 0 saturated carbocycles. The van der Waals surface area contributed by atoms with E-state index < -0.39 is 6.16 Å². The van der Waals surface area contributed by atoms with E-state index in [9.17, 15) is 9.90 Å². The summed E-state index contributed by atoms with van der Waals surface area (Å²) in [5, 5.41) is 11.4. The third kappa shape index (κ3) is 3.82. The topological polar surface area (TPSA) is 83.9 Å². The second kappa shape index (κ2) is 7.90. The van der Waals surface area contributed by atoms with Crippen molar-refractivity contribution in [1.29, 1.82) is 0 Å². The molecule has 0 radical (unpaired) electrons. The van der Waals surface area contributed by atoms with Gasteiger partial charge in [0.1, 0.15) is 5.75 Å². The average molecular weight is 386 g/mol. The third-order valence-electron chi connectivity index (χ3n) is 4.40. The van der Waals surface area contributed by atoms with Crippen LogP contribution in [0.2, 0.25) is 0 Å². The van der Waals surface area contributed by atoms with Crippen LogP contribution >= 0.6 is 0 Å². The molecule has 4 aromatic rings. The number of aromatic amines is 1. The lowest BCUT2D eigenvalue weighted by Gasteiger charge is -2.08. The van der Waals surface area contributed by atoms with E-state index in [1.54, 1.807) is 18.2 Å². The highest BCUT2D eigenvalue weighted by Crippen LogP contribution is 2.33. The van der Waals surface area contributed by atoms with E-state index in [-0.39, 0.29) is 5.88 Å². The van der Waals surface area contributed by atoms with Crippen LogP contribution in [0.25, 0.3) is 10.9 Å². The molecule has 0 fully saturated rings. The van der Waals surface area contributed by atoms with Gasteiger partial charge in [0.25, 0.3) is 0 Å². The Morgan fingerprint density at radius 1 is 0.966 bits per heavy atom. The number of aromatic hydroxyl groups is 1. The standard InChI is InChI=1S/C23H18N2O4/c1-28-23(27)29-17-12-13-19-18(14-17)20(22(26)25-19)21(15-8-4-2-5-9-15)24-16-10-6-3-7-11-16/h2-14,25-26H,1H3. The second-order valence-electron chi connectivity index (χ2n) is 6.27. The van der Waals surface area contributed by atoms with Gasteiger partial charge in [-0.25, -0.2) is 9.79 Å². The van der Waals surface area contributed by atoms with Gasteiger partial charge in [0, 0.05) is 16.5 Å². The zero-order valence-corrected chi connectivity index (χ0v) is 15.6. The number of hydrogen-bond donors (Lipinski definition) is 2. The van der Waals surface area contributed by atoms with Crippen LogP contribution in [-0.4, -0.2) is 29.1 Å². The number of nitrogens with one attached hydrogen (secondary N) is 1. The highest BCUT2D eigenvalue weighted by molar-refractivity contribution is 6.22. The van der Waals surface area contributed by atoms with Crippen LogP contribution in [-0.2, 0) is 4.74 Å². The lowest BCUT2D eigenvalue weighted by Crippen LogP contribution is -2.07. The van der Waals surface area contributed by atoms with Crippen LogP contribution in [0.15, 0.2) is 83.9 Å². The first-order chi connectivity index (χ1) is 14.2. The maximum atomic E-state index is 11.5. The molecule has 0 aliphatic carbocycles. The van der Waals surface area contributed by atoms with Crippen LogP contribution in [0.5, 0.6) is 11.6 Å². The molecule has 4 rings (SSSR count). The van der Waals surface area contributed by atoms with E-state index in [2.05, 4.69) is 9.72 Å². The fourth-order valence-electron chi connectivity index (χ4n) is 3.09. The van der Waals surface area contributed by atoms with Crippen LogP contribution < -0.4 is 4.74 Å². The first-order valence-corrected chi connectivity index (χ1v) is 8.95. The van der Waals surface area contributed by atoms with E-state index in [1.807, 2.05) is 60.7 Å². The summed E-state index contributed by atoms with van der Waals surface area (Å²) in [4.78, 5) is 19.2. The molecule has 144 valence electrons. The molecule has 6 heteroatoms. The van der Waals surface area contributed by atoms with Gasteiger partial charge in [-0.15, -0.1) is 0 Å². The molecular formula is C23H18N2O4. The second-order valence-corrected chi connectivity index (χ2v) is 6.27. The van der Waals surface area contributed by atoms with Crippen molar-refractivity contribution in [2.75, 3.05) is 7.11 Å². The molecular weight excluding hydrogens is 368 g/mol. The highest BCUT2D eigenvalue weighted by Gasteiger charge is 2.19. The number of H-pyrrole nitrogens is 1. The fraction of sp³-hybridized carbons (Fsp3) is 0.0435. The van der Waals surface area contributed by atoms with Crippen molar-refractivity contribution in [2.45, 2.75) is 0 Å². The number of aromatic nitrogens is 1. The molecule has 1 heterocycles. The Hall–Kier alpha value is -4.06. The maximum absolute atomic E-state index is 11.5. The summed E-state index contributed by atoms with van der Waals surface area (Å²) >= 11 is 0. The van der Waals surface area contributed by atoms with Crippen LogP contribution in [0.1, 0.15) is 11.1 Å². The first-order valence-electron chi connectivity index (χ1n) is 8.95. The zero-order valence-electron chi connectivity index (χ0n) is 15.6. The summed E-state index contributed by atoms with van der Waals surface area (Å²) in [6, 6.07) is 24.1. The summed E-state index contributed by atoms with van der Waals surface area (Å²) in [5.41, 5.74) is 3.39. The lowest BCUT2D eigenvalue weighted by atomic mass is 10.0. The number of fused-ring (bicyclic) bond motifs is 1. The van der Waals surface area contributed by atoms with Crippen molar-refractivity contribution in [3.05, 3.63) is 90.0 Å². The van der Waals surface area contributed by atoms with Crippen molar-refractivity contribution < 1.29 is 19.4 Å². The zero-order chi connectivity index (χ0) is 20.2. The number of methoxy groups -OCH3 is 1. The van der Waals surface area contributed by atoms with E-state index in [4.69, 9.17) is 9.73 Å². The van der Waals surface area contributed by atoms with E-state index in [0.717, 1.165) is 11.3 Å². The van der Waals surface area contributed by atoms with Gasteiger partial charge in [-0.3, -0.25) is 0 Å². The minimum Gasteiger partial charge on any atom is -0.494 e. The predicted octanol–water partition coefficient (Wildman–Crippen LogP) is 5.19. The highest BCUT2D eigenvalue weighted by atomic mass is 16.7. The minimum atomic E-state index is -0.813. The molecule has 2 N–H and O–H groups in total. The van der Waals surface area contributed by atoms with Crippen molar-refractivity contribution in [2.24, 2.45) is 4.99 Å². The van der Waals surface area contributed by atoms with E-state index >= 15 is 0 Å². The molecule has 0 spiro atoms. The number of hydrogen-bond acceptors (Lipinski definition) is 5. The van der Waals surface area contributed by atoms with E-state index in [1.165, 1.54) is 7.11 Å².